The number of ether oxygens (including phenoxy) is 1. The number of hydrazone groups is 1. The lowest BCUT2D eigenvalue weighted by atomic mass is 10.1. The summed E-state index contributed by atoms with van der Waals surface area (Å²) in [5.41, 5.74) is 1.90. The summed E-state index contributed by atoms with van der Waals surface area (Å²) >= 11 is 7.30. The molecule has 0 bridgehead atoms. The first-order valence-corrected chi connectivity index (χ1v) is 11.3. The Bertz CT molecular complexity index is 1200. The van der Waals surface area contributed by atoms with Crippen LogP contribution in [0.3, 0.4) is 0 Å². The quantitative estimate of drug-likeness (QED) is 0.655. The summed E-state index contributed by atoms with van der Waals surface area (Å²) < 4.78 is 5.76. The lowest BCUT2D eigenvalue weighted by Crippen LogP contribution is -2.48. The molecule has 0 aromatic heterocycles. The lowest BCUT2D eigenvalue weighted by Gasteiger charge is -2.29. The number of amidine groups is 1. The second kappa shape index (κ2) is 8.92. The molecule has 0 saturated carbocycles. The van der Waals surface area contributed by atoms with Crippen LogP contribution >= 0.6 is 23.4 Å². The Hall–Kier alpha value is -3.30. The molecule has 33 heavy (non-hydrogen) atoms. The number of fused-ring (bicyclic) bond motifs is 2. The summed E-state index contributed by atoms with van der Waals surface area (Å²) in [6.45, 7) is 6.85. The van der Waals surface area contributed by atoms with E-state index in [1.807, 2.05) is 24.3 Å². The average Bonchev–Trinajstić information content (AvgIpc) is 3.25. The van der Waals surface area contributed by atoms with Crippen LogP contribution in [0.25, 0.3) is 0 Å². The third-order valence-electron chi connectivity index (χ3n) is 5.12. The highest BCUT2D eigenvalue weighted by Gasteiger charge is 2.61. The molecule has 0 unspecified atom stereocenters. The Morgan fingerprint density at radius 3 is 2.73 bits per heavy atom. The molecule has 1 N–H and O–H groups in total. The number of halogens is 1. The zero-order chi connectivity index (χ0) is 23.8. The van der Waals surface area contributed by atoms with Gasteiger partial charge in [-0.2, -0.15) is 5.01 Å². The smallest absolute Gasteiger partial charge is 0.271 e. The number of amides is 3. The van der Waals surface area contributed by atoms with Crippen molar-refractivity contribution in [2.45, 2.75) is 25.3 Å². The summed E-state index contributed by atoms with van der Waals surface area (Å²) in [7, 11) is 0. The molecule has 10 heteroatoms. The van der Waals surface area contributed by atoms with Crippen molar-refractivity contribution in [2.75, 3.05) is 11.5 Å². The van der Waals surface area contributed by atoms with E-state index in [2.05, 4.69) is 17.0 Å². The second-order valence-electron chi connectivity index (χ2n) is 7.42. The average molecular weight is 485 g/mol. The maximum atomic E-state index is 14.0. The SMILES string of the molecule is C=CCOc1ccccc1CN1C(=O)[C@@]2(SC(NC(C)=O)=NN2C(C)=O)c2cc(Cl)ccc21. The van der Waals surface area contributed by atoms with Crippen molar-refractivity contribution in [3.8, 4) is 5.75 Å². The van der Waals surface area contributed by atoms with Gasteiger partial charge in [0.2, 0.25) is 16.7 Å². The van der Waals surface area contributed by atoms with E-state index < -0.39 is 10.8 Å². The van der Waals surface area contributed by atoms with Gasteiger partial charge in [0.05, 0.1) is 12.2 Å². The maximum Gasteiger partial charge on any atom is 0.271 e. The number of nitrogens with zero attached hydrogens (tertiary/aromatic N) is 3. The van der Waals surface area contributed by atoms with Crippen molar-refractivity contribution < 1.29 is 19.1 Å². The van der Waals surface area contributed by atoms with Gasteiger partial charge in [0.15, 0.2) is 5.17 Å². The number of benzene rings is 2. The largest absolute Gasteiger partial charge is 0.489 e. The highest BCUT2D eigenvalue weighted by molar-refractivity contribution is 8.15. The molecule has 170 valence electrons. The number of carbonyl (C=O) groups is 3. The number of anilines is 1. The van der Waals surface area contributed by atoms with Crippen LogP contribution in [-0.2, 0) is 25.8 Å². The fourth-order valence-corrected chi connectivity index (χ4v) is 5.33. The molecule has 2 aliphatic rings. The molecule has 0 radical (unpaired) electrons. The third-order valence-corrected chi connectivity index (χ3v) is 6.60. The molecule has 0 fully saturated rings. The van der Waals surface area contributed by atoms with Crippen LogP contribution in [0.1, 0.15) is 25.0 Å². The molecule has 1 spiro atoms. The summed E-state index contributed by atoms with van der Waals surface area (Å²) in [6.07, 6.45) is 1.64. The predicted molar refractivity (Wildman–Crippen MR) is 128 cm³/mol. The van der Waals surface area contributed by atoms with Gasteiger partial charge in [-0.25, -0.2) is 0 Å². The van der Waals surface area contributed by atoms with Gasteiger partial charge in [-0.1, -0.05) is 42.5 Å². The standard InChI is InChI=1S/C23H21ClN4O4S/c1-4-11-32-20-8-6-5-7-16(20)13-27-19-10-9-17(24)12-18(19)23(21(27)31)28(15(3)30)26-22(33-23)25-14(2)29/h4-10,12H,1,11,13H2,2-3H3,(H,25,26,29)/t23-/m0/s1. The second-order valence-corrected chi connectivity index (χ2v) is 9.04. The van der Waals surface area contributed by atoms with Gasteiger partial charge in [-0.3, -0.25) is 14.4 Å². The molecule has 8 nitrogen and oxygen atoms in total. The number of hydrogen-bond acceptors (Lipinski definition) is 6. The summed E-state index contributed by atoms with van der Waals surface area (Å²) in [5, 5.41) is 8.52. The molecule has 0 aliphatic carbocycles. The van der Waals surface area contributed by atoms with Gasteiger partial charge in [0.1, 0.15) is 12.4 Å². The van der Waals surface area contributed by atoms with E-state index in [1.165, 1.54) is 13.8 Å². The van der Waals surface area contributed by atoms with Crippen molar-refractivity contribution in [1.29, 1.82) is 0 Å². The first-order valence-electron chi connectivity index (χ1n) is 10.1. The van der Waals surface area contributed by atoms with E-state index in [-0.39, 0.29) is 23.5 Å². The summed E-state index contributed by atoms with van der Waals surface area (Å²) in [6, 6.07) is 12.5. The molecule has 2 aliphatic heterocycles. The number of hydrogen-bond donors (Lipinski definition) is 1. The van der Waals surface area contributed by atoms with Crippen LogP contribution in [0.4, 0.5) is 5.69 Å². The van der Waals surface area contributed by atoms with E-state index in [0.29, 0.717) is 28.6 Å². The summed E-state index contributed by atoms with van der Waals surface area (Å²) in [4.78, 5) is 38.3. The Labute approximate surface area is 200 Å². The molecule has 0 saturated heterocycles. The number of rotatable bonds is 5. The first kappa shape index (κ1) is 22.9. The van der Waals surface area contributed by atoms with Crippen molar-refractivity contribution in [3.05, 3.63) is 71.3 Å². The fourth-order valence-electron chi connectivity index (χ4n) is 3.84. The van der Waals surface area contributed by atoms with Crippen LogP contribution in [0.2, 0.25) is 5.02 Å². The minimum atomic E-state index is -1.51. The number of carbonyl (C=O) groups excluding carboxylic acids is 3. The highest BCUT2D eigenvalue weighted by Crippen LogP contribution is 2.55. The molecule has 2 aromatic rings. The minimum Gasteiger partial charge on any atom is -0.489 e. The zero-order valence-corrected chi connectivity index (χ0v) is 19.6. The Morgan fingerprint density at radius 2 is 2.03 bits per heavy atom. The third kappa shape index (κ3) is 3.98. The molecule has 4 rings (SSSR count). The van der Waals surface area contributed by atoms with E-state index in [4.69, 9.17) is 16.3 Å². The van der Waals surface area contributed by atoms with Crippen LogP contribution in [0.5, 0.6) is 5.75 Å². The normalized spacial score (nSPS) is 18.9. The van der Waals surface area contributed by atoms with Crippen LogP contribution in [0, 0.1) is 0 Å². The van der Waals surface area contributed by atoms with Crippen LogP contribution in [-0.4, -0.2) is 34.5 Å². The van der Waals surface area contributed by atoms with Crippen molar-refractivity contribution in [1.82, 2.24) is 10.3 Å². The van der Waals surface area contributed by atoms with Crippen LogP contribution in [0.15, 0.2) is 60.2 Å². The van der Waals surface area contributed by atoms with Gasteiger partial charge in [-0.05, 0) is 36.0 Å². The van der Waals surface area contributed by atoms with Crippen molar-refractivity contribution in [2.24, 2.45) is 5.10 Å². The number of nitrogens with one attached hydrogen (secondary N) is 1. The maximum absolute atomic E-state index is 14.0. The molecule has 2 aromatic carbocycles. The molecule has 2 heterocycles. The highest BCUT2D eigenvalue weighted by atomic mass is 35.5. The van der Waals surface area contributed by atoms with E-state index >= 15 is 0 Å². The zero-order valence-electron chi connectivity index (χ0n) is 18.0. The minimum absolute atomic E-state index is 0.161. The van der Waals surface area contributed by atoms with Gasteiger partial charge < -0.3 is 15.0 Å². The number of para-hydroxylation sites is 1. The molecule has 1 atom stereocenters. The van der Waals surface area contributed by atoms with E-state index in [9.17, 15) is 14.4 Å². The lowest BCUT2D eigenvalue weighted by molar-refractivity contribution is -0.139. The molecule has 3 amide bonds. The first-order chi connectivity index (χ1) is 15.8. The van der Waals surface area contributed by atoms with Gasteiger partial charge in [0.25, 0.3) is 5.91 Å². The molecular formula is C23H21ClN4O4S. The Balaban J connectivity index is 1.80. The van der Waals surface area contributed by atoms with Gasteiger partial charge >= 0.3 is 0 Å². The Kier molecular flexibility index (Phi) is 6.18. The predicted octanol–water partition coefficient (Wildman–Crippen LogP) is 3.61. The number of thioether (sulfide) groups is 1. The van der Waals surface area contributed by atoms with Crippen molar-refractivity contribution >= 4 is 51.9 Å². The van der Waals surface area contributed by atoms with Gasteiger partial charge in [0, 0.05) is 30.0 Å². The van der Waals surface area contributed by atoms with E-state index in [0.717, 1.165) is 22.3 Å². The fraction of sp³-hybridized carbons (Fsp3) is 0.217. The Morgan fingerprint density at radius 1 is 1.27 bits per heavy atom. The van der Waals surface area contributed by atoms with Crippen molar-refractivity contribution in [3.63, 3.8) is 0 Å². The van der Waals surface area contributed by atoms with Crippen LogP contribution < -0.4 is 15.0 Å². The monoisotopic (exact) mass is 484 g/mol. The summed E-state index contributed by atoms with van der Waals surface area (Å²) in [5.74, 6) is -0.552. The molecular weight excluding hydrogens is 464 g/mol. The topological polar surface area (TPSA) is 91.3 Å². The van der Waals surface area contributed by atoms with Gasteiger partial charge in [-0.15, -0.1) is 5.10 Å². The van der Waals surface area contributed by atoms with E-state index in [1.54, 1.807) is 29.2 Å².